The van der Waals surface area contributed by atoms with Gasteiger partial charge in [-0.15, -0.1) is 10.2 Å². The number of imide groups is 1. The minimum absolute atomic E-state index is 0.139. The van der Waals surface area contributed by atoms with Crippen LogP contribution in [0.3, 0.4) is 0 Å². The Balaban J connectivity index is 1.29. The number of anilines is 2. The second-order valence-electron chi connectivity index (χ2n) is 7.93. The molecular formula is C26H20BrN5O3S. The number of fused-ring (bicyclic) bond motifs is 1. The third-order valence-corrected chi connectivity index (χ3v) is 7.17. The molecule has 1 aromatic heterocycles. The monoisotopic (exact) mass is 561 g/mol. The molecule has 3 amide bonds. The third-order valence-electron chi connectivity index (χ3n) is 5.67. The molecule has 10 heteroatoms. The predicted octanol–water partition coefficient (Wildman–Crippen LogP) is 5.26. The van der Waals surface area contributed by atoms with Crippen LogP contribution >= 0.6 is 27.7 Å². The molecule has 2 heterocycles. The average Bonchev–Trinajstić information content (AvgIpc) is 3.42. The maximum absolute atomic E-state index is 12.8. The lowest BCUT2D eigenvalue weighted by molar-refractivity contribution is -0.113. The summed E-state index contributed by atoms with van der Waals surface area (Å²) < 4.78 is 2.87. The Labute approximate surface area is 219 Å². The number of aromatic nitrogens is 3. The van der Waals surface area contributed by atoms with E-state index in [1.54, 1.807) is 36.4 Å². The zero-order valence-electron chi connectivity index (χ0n) is 19.1. The Morgan fingerprint density at radius 1 is 0.917 bits per heavy atom. The maximum atomic E-state index is 12.8. The lowest BCUT2D eigenvalue weighted by atomic mass is 10.1. The van der Waals surface area contributed by atoms with Crippen LogP contribution in [0.1, 0.15) is 27.6 Å². The summed E-state index contributed by atoms with van der Waals surface area (Å²) in [6, 6.07) is 21.3. The summed E-state index contributed by atoms with van der Waals surface area (Å²) in [7, 11) is 0. The molecule has 5 rings (SSSR count). The molecule has 0 fully saturated rings. The van der Waals surface area contributed by atoms with Crippen LogP contribution in [0.2, 0.25) is 0 Å². The summed E-state index contributed by atoms with van der Waals surface area (Å²) >= 11 is 4.68. The number of nitrogens with zero attached hydrogens (tertiary/aromatic N) is 4. The molecule has 0 atom stereocenters. The van der Waals surface area contributed by atoms with Gasteiger partial charge in [0, 0.05) is 22.3 Å². The summed E-state index contributed by atoms with van der Waals surface area (Å²) in [6.45, 7) is 2.59. The number of carbonyl (C=O) groups excluding carboxylic acids is 3. The van der Waals surface area contributed by atoms with Crippen molar-refractivity contribution in [2.75, 3.05) is 16.0 Å². The molecule has 1 aliphatic rings. The van der Waals surface area contributed by atoms with E-state index in [0.717, 1.165) is 15.7 Å². The highest BCUT2D eigenvalue weighted by Crippen LogP contribution is 2.31. The first kappa shape index (κ1) is 24.0. The van der Waals surface area contributed by atoms with Crippen LogP contribution in [-0.4, -0.2) is 38.2 Å². The van der Waals surface area contributed by atoms with Crippen LogP contribution in [0.15, 0.2) is 82.4 Å². The highest BCUT2D eigenvalue weighted by molar-refractivity contribution is 9.10. The van der Waals surface area contributed by atoms with Crippen molar-refractivity contribution in [1.29, 1.82) is 0 Å². The van der Waals surface area contributed by atoms with E-state index in [1.165, 1.54) is 16.7 Å². The molecule has 0 aliphatic carbocycles. The normalized spacial score (nSPS) is 12.7. The van der Waals surface area contributed by atoms with Crippen molar-refractivity contribution < 1.29 is 14.4 Å². The van der Waals surface area contributed by atoms with Gasteiger partial charge in [0.2, 0.25) is 5.91 Å². The van der Waals surface area contributed by atoms with Gasteiger partial charge in [-0.05, 0) is 67.6 Å². The summed E-state index contributed by atoms with van der Waals surface area (Å²) in [5.74, 6) is 0.0229. The first-order valence-electron chi connectivity index (χ1n) is 11.2. The van der Waals surface area contributed by atoms with E-state index >= 15 is 0 Å². The van der Waals surface area contributed by atoms with Gasteiger partial charge in [-0.3, -0.25) is 14.4 Å². The molecule has 1 N–H and O–H groups in total. The molecule has 8 nitrogen and oxygen atoms in total. The second-order valence-corrected chi connectivity index (χ2v) is 9.79. The third kappa shape index (κ3) is 4.57. The Morgan fingerprint density at radius 3 is 2.17 bits per heavy atom. The number of amides is 3. The first-order chi connectivity index (χ1) is 17.5. The molecule has 36 heavy (non-hydrogen) atoms. The SMILES string of the molecule is CCn1c(SCC(=O)Nc2ccc(Br)cc2)nnc1-c1ccc(N2C(=O)c3ccccc3C2=O)cc1. The molecule has 0 saturated carbocycles. The fourth-order valence-corrected chi connectivity index (χ4v) is 5.00. The first-order valence-corrected chi connectivity index (χ1v) is 12.9. The standard InChI is InChI=1S/C26H20BrN5O3S/c1-2-31-23(29-30-26(31)36-15-22(33)28-18-11-9-17(27)10-12-18)16-7-13-19(14-8-16)32-24(34)20-5-3-4-6-21(20)25(32)35/h3-14H,2,15H2,1H3,(H,28,33). The minimum Gasteiger partial charge on any atom is -0.325 e. The summed E-state index contributed by atoms with van der Waals surface area (Å²) in [4.78, 5) is 39.1. The number of carbonyl (C=O) groups is 3. The van der Waals surface area contributed by atoms with Gasteiger partial charge in [0.15, 0.2) is 11.0 Å². The van der Waals surface area contributed by atoms with Gasteiger partial charge < -0.3 is 9.88 Å². The van der Waals surface area contributed by atoms with Crippen molar-refractivity contribution in [2.24, 2.45) is 0 Å². The molecular weight excluding hydrogens is 542 g/mol. The smallest absolute Gasteiger partial charge is 0.266 e. The fraction of sp³-hybridized carbons (Fsp3) is 0.115. The van der Waals surface area contributed by atoms with E-state index in [9.17, 15) is 14.4 Å². The molecule has 1 aliphatic heterocycles. The number of nitrogens with one attached hydrogen (secondary N) is 1. The van der Waals surface area contributed by atoms with E-state index in [2.05, 4.69) is 31.4 Å². The number of hydrogen-bond acceptors (Lipinski definition) is 6. The molecule has 0 bridgehead atoms. The topological polar surface area (TPSA) is 97.2 Å². The largest absolute Gasteiger partial charge is 0.325 e. The number of rotatable bonds is 7. The van der Waals surface area contributed by atoms with Crippen LogP contribution in [0, 0.1) is 0 Å². The van der Waals surface area contributed by atoms with Gasteiger partial charge >= 0.3 is 0 Å². The predicted molar refractivity (Wildman–Crippen MR) is 142 cm³/mol. The number of benzene rings is 3. The molecule has 180 valence electrons. The van der Waals surface area contributed by atoms with Crippen LogP contribution in [0.4, 0.5) is 11.4 Å². The maximum Gasteiger partial charge on any atom is 0.266 e. The van der Waals surface area contributed by atoms with E-state index in [-0.39, 0.29) is 23.5 Å². The Bertz CT molecular complexity index is 1430. The van der Waals surface area contributed by atoms with E-state index < -0.39 is 0 Å². The van der Waals surface area contributed by atoms with Crippen molar-refractivity contribution in [3.63, 3.8) is 0 Å². The lowest BCUT2D eigenvalue weighted by Crippen LogP contribution is -2.29. The lowest BCUT2D eigenvalue weighted by Gasteiger charge is -2.14. The van der Waals surface area contributed by atoms with Gasteiger partial charge in [-0.25, -0.2) is 4.90 Å². The highest BCUT2D eigenvalue weighted by Gasteiger charge is 2.36. The van der Waals surface area contributed by atoms with Crippen molar-refractivity contribution >= 4 is 56.8 Å². The highest BCUT2D eigenvalue weighted by atomic mass is 79.9. The van der Waals surface area contributed by atoms with Crippen LogP contribution in [0.25, 0.3) is 11.4 Å². The van der Waals surface area contributed by atoms with Gasteiger partial charge in [0.1, 0.15) is 0 Å². The molecule has 0 radical (unpaired) electrons. The number of halogens is 1. The Morgan fingerprint density at radius 2 is 1.56 bits per heavy atom. The fourth-order valence-electron chi connectivity index (χ4n) is 3.94. The van der Waals surface area contributed by atoms with E-state index in [1.807, 2.05) is 47.9 Å². The molecule has 0 saturated heterocycles. The molecule has 0 unspecified atom stereocenters. The zero-order chi connectivity index (χ0) is 25.2. The average molecular weight is 562 g/mol. The van der Waals surface area contributed by atoms with Gasteiger partial charge in [0.05, 0.1) is 22.6 Å². The molecule has 3 aromatic carbocycles. The van der Waals surface area contributed by atoms with Crippen LogP contribution < -0.4 is 10.2 Å². The minimum atomic E-state index is -0.333. The van der Waals surface area contributed by atoms with Gasteiger partial charge in [-0.2, -0.15) is 0 Å². The molecule has 4 aromatic rings. The molecule has 0 spiro atoms. The summed E-state index contributed by atoms with van der Waals surface area (Å²) in [5.41, 5.74) is 2.81. The van der Waals surface area contributed by atoms with Gasteiger partial charge in [-0.1, -0.05) is 39.8 Å². The van der Waals surface area contributed by atoms with Crippen molar-refractivity contribution in [1.82, 2.24) is 14.8 Å². The van der Waals surface area contributed by atoms with E-state index in [0.29, 0.717) is 34.3 Å². The van der Waals surface area contributed by atoms with Crippen LogP contribution in [0.5, 0.6) is 0 Å². The quantitative estimate of drug-likeness (QED) is 0.244. The van der Waals surface area contributed by atoms with Crippen molar-refractivity contribution in [2.45, 2.75) is 18.6 Å². The van der Waals surface area contributed by atoms with Crippen molar-refractivity contribution in [3.8, 4) is 11.4 Å². The Hall–Kier alpha value is -3.76. The number of hydrogen-bond donors (Lipinski definition) is 1. The zero-order valence-corrected chi connectivity index (χ0v) is 21.5. The van der Waals surface area contributed by atoms with Crippen LogP contribution in [-0.2, 0) is 11.3 Å². The Kier molecular flexibility index (Phi) is 6.71. The summed E-state index contributed by atoms with van der Waals surface area (Å²) in [5, 5.41) is 12.1. The second kappa shape index (κ2) is 10.1. The van der Waals surface area contributed by atoms with E-state index in [4.69, 9.17) is 0 Å². The van der Waals surface area contributed by atoms with Crippen molar-refractivity contribution in [3.05, 3.63) is 88.4 Å². The van der Waals surface area contributed by atoms with Gasteiger partial charge in [0.25, 0.3) is 11.8 Å². The number of thioether (sulfide) groups is 1. The summed E-state index contributed by atoms with van der Waals surface area (Å²) in [6.07, 6.45) is 0.